The molecule has 0 bridgehead atoms. The van der Waals surface area contributed by atoms with Crippen molar-refractivity contribution in [1.82, 2.24) is 4.90 Å². The normalized spacial score (nSPS) is 9.44. The molecule has 0 amide bonds. The molecule has 84 valence electrons. The molecule has 1 rings (SSSR count). The van der Waals surface area contributed by atoms with Gasteiger partial charge in [0.2, 0.25) is 0 Å². The van der Waals surface area contributed by atoms with Crippen LogP contribution in [0, 0.1) is 11.8 Å². The number of methoxy groups -OCH3 is 1. The number of benzene rings is 1. The quantitative estimate of drug-likeness (QED) is 0.434. The van der Waals surface area contributed by atoms with Crippen molar-refractivity contribution in [2.24, 2.45) is 0 Å². The molecule has 0 radical (unpaired) electrons. The fraction of sp³-hybridized carbons (Fsp3) is 0.308. The first-order valence-electron chi connectivity index (χ1n) is 5.01. The number of carbonyl (C=O) groups excluding carboxylic acids is 1. The average molecular weight is 217 g/mol. The third-order valence-corrected chi connectivity index (χ3v) is 2.02. The first-order valence-corrected chi connectivity index (χ1v) is 5.01. The summed E-state index contributed by atoms with van der Waals surface area (Å²) < 4.78 is 4.42. The Balaban J connectivity index is 2.39. The second-order valence-corrected chi connectivity index (χ2v) is 3.45. The average Bonchev–Trinajstić information content (AvgIpc) is 2.30. The van der Waals surface area contributed by atoms with E-state index in [0.29, 0.717) is 6.54 Å². The van der Waals surface area contributed by atoms with E-state index < -0.39 is 5.97 Å². The molecule has 3 heteroatoms. The molecular formula is C13H15NO2. The lowest BCUT2D eigenvalue weighted by molar-refractivity contribution is -0.133. The topological polar surface area (TPSA) is 29.5 Å². The van der Waals surface area contributed by atoms with Gasteiger partial charge in [0.1, 0.15) is 0 Å². The summed E-state index contributed by atoms with van der Waals surface area (Å²) in [6.07, 6.45) is 0. The van der Waals surface area contributed by atoms with Crippen molar-refractivity contribution in [2.45, 2.75) is 6.54 Å². The number of carbonyl (C=O) groups is 1. The highest BCUT2D eigenvalue weighted by Gasteiger charge is 1.97. The summed E-state index contributed by atoms with van der Waals surface area (Å²) in [6, 6.07) is 10.1. The first kappa shape index (κ1) is 12.3. The predicted octanol–water partition coefficient (Wildman–Crippen LogP) is 1.29. The van der Waals surface area contributed by atoms with Crippen molar-refractivity contribution >= 4 is 5.97 Å². The highest BCUT2D eigenvalue weighted by molar-refractivity contribution is 5.88. The van der Waals surface area contributed by atoms with Gasteiger partial charge in [-0.25, -0.2) is 4.79 Å². The van der Waals surface area contributed by atoms with Crippen molar-refractivity contribution in [3.8, 4) is 11.8 Å². The molecule has 3 nitrogen and oxygen atoms in total. The smallest absolute Gasteiger partial charge is 0.384 e. The molecule has 1 aromatic carbocycles. The van der Waals surface area contributed by atoms with E-state index in [0.717, 1.165) is 6.54 Å². The summed E-state index contributed by atoms with van der Waals surface area (Å²) in [7, 11) is 3.28. The Kier molecular flexibility index (Phi) is 5.10. The van der Waals surface area contributed by atoms with Crippen molar-refractivity contribution in [2.75, 3.05) is 20.7 Å². The molecule has 16 heavy (non-hydrogen) atoms. The molecule has 0 aromatic heterocycles. The van der Waals surface area contributed by atoms with Gasteiger partial charge in [-0.05, 0) is 12.6 Å². The van der Waals surface area contributed by atoms with E-state index >= 15 is 0 Å². The summed E-state index contributed by atoms with van der Waals surface area (Å²) in [4.78, 5) is 12.8. The fourth-order valence-corrected chi connectivity index (χ4v) is 1.25. The van der Waals surface area contributed by atoms with E-state index in [2.05, 4.69) is 28.7 Å². The Morgan fingerprint density at radius 2 is 2.06 bits per heavy atom. The van der Waals surface area contributed by atoms with E-state index in [9.17, 15) is 4.79 Å². The second kappa shape index (κ2) is 6.65. The van der Waals surface area contributed by atoms with Crippen LogP contribution >= 0.6 is 0 Å². The largest absolute Gasteiger partial charge is 0.459 e. The number of esters is 1. The SMILES string of the molecule is COC(=O)C#CCN(C)Cc1ccccc1. The Bertz CT molecular complexity index is 389. The molecule has 0 N–H and O–H groups in total. The zero-order valence-corrected chi connectivity index (χ0v) is 9.56. The van der Waals surface area contributed by atoms with E-state index in [1.54, 1.807) is 0 Å². The minimum absolute atomic E-state index is 0.492. The van der Waals surface area contributed by atoms with Crippen LogP contribution in [0.2, 0.25) is 0 Å². The zero-order chi connectivity index (χ0) is 11.8. The molecule has 0 heterocycles. The minimum atomic E-state index is -0.492. The zero-order valence-electron chi connectivity index (χ0n) is 9.56. The molecule has 0 aliphatic carbocycles. The van der Waals surface area contributed by atoms with Gasteiger partial charge >= 0.3 is 5.97 Å². The van der Waals surface area contributed by atoms with Gasteiger partial charge in [-0.2, -0.15) is 0 Å². The van der Waals surface area contributed by atoms with Crippen LogP contribution in [0.3, 0.4) is 0 Å². The van der Waals surface area contributed by atoms with Crippen LogP contribution in [0.4, 0.5) is 0 Å². The standard InChI is InChI=1S/C13H15NO2/c1-14(10-6-9-13(15)16-2)11-12-7-4-3-5-8-12/h3-5,7-8H,10-11H2,1-2H3. The maximum atomic E-state index is 10.7. The second-order valence-electron chi connectivity index (χ2n) is 3.45. The summed E-state index contributed by atoms with van der Waals surface area (Å²) in [5.41, 5.74) is 1.23. The van der Waals surface area contributed by atoms with Crippen LogP contribution in [0.15, 0.2) is 30.3 Å². The Morgan fingerprint density at radius 1 is 1.38 bits per heavy atom. The highest BCUT2D eigenvalue weighted by Crippen LogP contribution is 2.01. The minimum Gasteiger partial charge on any atom is -0.459 e. The molecule has 0 aliphatic rings. The summed E-state index contributed by atoms with van der Waals surface area (Å²) in [5.74, 6) is 4.66. The molecule has 0 saturated carbocycles. The van der Waals surface area contributed by atoms with Crippen LogP contribution in [0.1, 0.15) is 5.56 Å². The van der Waals surface area contributed by atoms with Gasteiger partial charge in [-0.1, -0.05) is 36.3 Å². The predicted molar refractivity (Wildman–Crippen MR) is 62.6 cm³/mol. The summed E-state index contributed by atoms with van der Waals surface area (Å²) >= 11 is 0. The Hall–Kier alpha value is -1.79. The van der Waals surface area contributed by atoms with E-state index in [1.165, 1.54) is 12.7 Å². The van der Waals surface area contributed by atoms with Crippen molar-refractivity contribution in [3.05, 3.63) is 35.9 Å². The van der Waals surface area contributed by atoms with Crippen molar-refractivity contribution in [3.63, 3.8) is 0 Å². The maximum absolute atomic E-state index is 10.7. The monoisotopic (exact) mass is 217 g/mol. The molecule has 0 spiro atoms. The fourth-order valence-electron chi connectivity index (χ4n) is 1.25. The van der Waals surface area contributed by atoms with Gasteiger partial charge < -0.3 is 4.74 Å². The van der Waals surface area contributed by atoms with Gasteiger partial charge in [0.25, 0.3) is 0 Å². The third kappa shape index (κ3) is 4.63. The Labute approximate surface area is 96.0 Å². The lowest BCUT2D eigenvalue weighted by Crippen LogP contribution is -2.18. The number of ether oxygens (including phenoxy) is 1. The molecule has 0 saturated heterocycles. The molecule has 0 atom stereocenters. The van der Waals surface area contributed by atoms with Crippen LogP contribution in [-0.4, -0.2) is 31.6 Å². The number of rotatable bonds is 3. The summed E-state index contributed by atoms with van der Waals surface area (Å²) in [5, 5.41) is 0. The van der Waals surface area contributed by atoms with Gasteiger partial charge in [0.05, 0.1) is 13.7 Å². The van der Waals surface area contributed by atoms with E-state index in [1.807, 2.05) is 30.1 Å². The lowest BCUT2D eigenvalue weighted by atomic mass is 10.2. The lowest BCUT2D eigenvalue weighted by Gasteiger charge is -2.12. The van der Waals surface area contributed by atoms with Crippen LogP contribution in [0.25, 0.3) is 0 Å². The third-order valence-electron chi connectivity index (χ3n) is 2.02. The molecular weight excluding hydrogens is 202 g/mol. The molecule has 0 unspecified atom stereocenters. The van der Waals surface area contributed by atoms with Gasteiger partial charge in [0, 0.05) is 12.5 Å². The van der Waals surface area contributed by atoms with Crippen LogP contribution < -0.4 is 0 Å². The van der Waals surface area contributed by atoms with E-state index in [4.69, 9.17) is 0 Å². The number of nitrogens with zero attached hydrogens (tertiary/aromatic N) is 1. The maximum Gasteiger partial charge on any atom is 0.384 e. The van der Waals surface area contributed by atoms with Gasteiger partial charge in [-0.3, -0.25) is 4.90 Å². The van der Waals surface area contributed by atoms with E-state index in [-0.39, 0.29) is 0 Å². The number of hydrogen-bond acceptors (Lipinski definition) is 3. The van der Waals surface area contributed by atoms with Crippen LogP contribution in [-0.2, 0) is 16.1 Å². The van der Waals surface area contributed by atoms with Crippen molar-refractivity contribution in [1.29, 1.82) is 0 Å². The van der Waals surface area contributed by atoms with Crippen LogP contribution in [0.5, 0.6) is 0 Å². The molecule has 0 fully saturated rings. The van der Waals surface area contributed by atoms with Gasteiger partial charge in [0.15, 0.2) is 0 Å². The van der Waals surface area contributed by atoms with Crippen molar-refractivity contribution < 1.29 is 9.53 Å². The molecule has 1 aromatic rings. The summed E-state index contributed by atoms with van der Waals surface area (Å²) in [6.45, 7) is 1.36. The number of hydrogen-bond donors (Lipinski definition) is 0. The first-order chi connectivity index (χ1) is 7.72. The highest BCUT2D eigenvalue weighted by atomic mass is 16.5. The molecule has 0 aliphatic heterocycles. The van der Waals surface area contributed by atoms with Gasteiger partial charge in [-0.15, -0.1) is 0 Å². The Morgan fingerprint density at radius 3 is 2.69 bits per heavy atom.